The zero-order valence-electron chi connectivity index (χ0n) is 21.8. The number of benzene rings is 1. The van der Waals surface area contributed by atoms with Crippen LogP contribution >= 0.6 is 11.8 Å². The Balaban J connectivity index is 1.55. The number of likely N-dealkylation sites (tertiary alicyclic amines) is 1. The minimum atomic E-state index is -0.543. The van der Waals surface area contributed by atoms with Gasteiger partial charge in [-0.05, 0) is 90.1 Å². The van der Waals surface area contributed by atoms with E-state index in [1.807, 2.05) is 27.9 Å². The summed E-state index contributed by atoms with van der Waals surface area (Å²) in [5.74, 6) is 1.46. The zero-order chi connectivity index (χ0) is 25.2. The highest BCUT2D eigenvalue weighted by Crippen LogP contribution is 2.66. The molecular weight excluding hydrogens is 464 g/mol. The maximum Gasteiger partial charge on any atom is 0.323 e. The molecule has 1 aromatic rings. The van der Waals surface area contributed by atoms with Crippen LogP contribution in [0.1, 0.15) is 57.6 Å². The van der Waals surface area contributed by atoms with Gasteiger partial charge in [-0.3, -0.25) is 10.1 Å². The number of carbonyl (C=O) groups is 1. The molecular formula is C27H40N2O5S. The molecule has 2 aliphatic heterocycles. The van der Waals surface area contributed by atoms with Crippen molar-refractivity contribution < 1.29 is 24.1 Å². The molecule has 1 saturated heterocycles. The van der Waals surface area contributed by atoms with Crippen LogP contribution in [0.25, 0.3) is 0 Å². The lowest BCUT2D eigenvalue weighted by molar-refractivity contribution is -0.204. The number of esters is 1. The van der Waals surface area contributed by atoms with Crippen molar-refractivity contribution in [2.75, 3.05) is 32.7 Å². The van der Waals surface area contributed by atoms with Crippen molar-refractivity contribution in [3.63, 3.8) is 0 Å². The van der Waals surface area contributed by atoms with Crippen molar-refractivity contribution >= 4 is 17.7 Å². The number of nitrogens with one attached hydrogen (secondary N) is 1. The lowest BCUT2D eigenvalue weighted by Gasteiger charge is -2.65. The molecule has 1 spiro atoms. The molecule has 2 bridgehead atoms. The van der Waals surface area contributed by atoms with Crippen molar-refractivity contribution in [1.29, 1.82) is 0 Å². The molecule has 2 heterocycles. The van der Waals surface area contributed by atoms with E-state index < -0.39 is 17.2 Å². The minimum absolute atomic E-state index is 0.0561. The predicted octanol–water partition coefficient (Wildman–Crippen LogP) is 3.25. The van der Waals surface area contributed by atoms with E-state index >= 15 is 0 Å². The Bertz CT molecular complexity index is 997. The molecule has 2 N–H and O–H groups in total. The third-order valence-electron chi connectivity index (χ3n) is 8.77. The van der Waals surface area contributed by atoms with E-state index in [0.29, 0.717) is 12.2 Å². The second-order valence-electron chi connectivity index (χ2n) is 11.7. The lowest BCUT2D eigenvalue weighted by Crippen LogP contribution is -2.78. The number of hydrogen-bond acceptors (Lipinski definition) is 8. The third kappa shape index (κ3) is 3.70. The van der Waals surface area contributed by atoms with Crippen LogP contribution < -0.4 is 10.1 Å². The van der Waals surface area contributed by atoms with Crippen LogP contribution in [-0.2, 0) is 26.1 Å². The van der Waals surface area contributed by atoms with Gasteiger partial charge in [0.05, 0.1) is 11.0 Å². The summed E-state index contributed by atoms with van der Waals surface area (Å²) in [6, 6.07) is 3.60. The van der Waals surface area contributed by atoms with E-state index in [4.69, 9.17) is 14.2 Å². The van der Waals surface area contributed by atoms with Crippen LogP contribution in [0.4, 0.5) is 0 Å². The molecule has 0 radical (unpaired) electrons. The van der Waals surface area contributed by atoms with Crippen LogP contribution in [0, 0.1) is 0 Å². The standard InChI is InChI=1S/C27H40N2O5S/c1-25(2,3)34-24(31)18(10-14-35-6)28-17-9-11-27(32-5)20-15-16-7-8-19(30)22-21(16)26(27,23(17)33-22)12-13-29(20)4/h7-8,17-18,20,23,28,30H,9-15H2,1-6H3/t17-,18-,20+,23-,26-,27+/m0/s1. The molecule has 194 valence electrons. The number of ether oxygens (including phenoxy) is 3. The average molecular weight is 505 g/mol. The van der Waals surface area contributed by atoms with Crippen LogP contribution in [0.3, 0.4) is 0 Å². The molecule has 2 fully saturated rings. The summed E-state index contributed by atoms with van der Waals surface area (Å²) in [4.78, 5) is 15.6. The Kier molecular flexibility index (Phi) is 6.35. The number of methoxy groups -OCH3 is 1. The van der Waals surface area contributed by atoms with Gasteiger partial charge in [0.25, 0.3) is 0 Å². The van der Waals surface area contributed by atoms with Gasteiger partial charge in [-0.1, -0.05) is 6.07 Å². The van der Waals surface area contributed by atoms with Crippen molar-refractivity contribution in [3.05, 3.63) is 23.3 Å². The maximum absolute atomic E-state index is 13.2. The number of rotatable bonds is 7. The topological polar surface area (TPSA) is 80.3 Å². The maximum atomic E-state index is 13.2. The normalized spacial score (nSPS) is 34.2. The quantitative estimate of drug-likeness (QED) is 0.548. The van der Waals surface area contributed by atoms with Gasteiger partial charge in [0, 0.05) is 24.8 Å². The van der Waals surface area contributed by atoms with Crippen LogP contribution in [0.2, 0.25) is 0 Å². The van der Waals surface area contributed by atoms with Gasteiger partial charge in [-0.2, -0.15) is 11.8 Å². The van der Waals surface area contributed by atoms with Gasteiger partial charge in [-0.15, -0.1) is 0 Å². The first-order chi connectivity index (χ1) is 16.6. The smallest absolute Gasteiger partial charge is 0.323 e. The lowest BCUT2D eigenvalue weighted by atomic mass is 9.48. The fourth-order valence-electron chi connectivity index (χ4n) is 7.45. The summed E-state index contributed by atoms with van der Waals surface area (Å²) < 4.78 is 19.0. The molecule has 8 heteroatoms. The highest BCUT2D eigenvalue weighted by atomic mass is 32.2. The minimum Gasteiger partial charge on any atom is -0.504 e. The Morgan fingerprint density at radius 3 is 2.83 bits per heavy atom. The fraction of sp³-hybridized carbons (Fsp3) is 0.741. The first-order valence-electron chi connectivity index (χ1n) is 12.8. The van der Waals surface area contributed by atoms with E-state index in [1.54, 1.807) is 17.8 Å². The molecule has 1 aromatic carbocycles. The summed E-state index contributed by atoms with van der Waals surface area (Å²) in [6.45, 7) is 6.67. The number of nitrogens with zero attached hydrogens (tertiary/aromatic N) is 1. The van der Waals surface area contributed by atoms with Gasteiger partial charge in [0.1, 0.15) is 17.7 Å². The number of piperidine rings is 1. The Labute approximate surface area is 213 Å². The largest absolute Gasteiger partial charge is 0.504 e. The monoisotopic (exact) mass is 504 g/mol. The van der Waals surface area contributed by atoms with Crippen LogP contribution in [-0.4, -0.2) is 84.1 Å². The highest BCUT2D eigenvalue weighted by molar-refractivity contribution is 7.98. The SMILES string of the molecule is CO[C@@]12CC[C@H](N[C@@H](CCSC)C(=O)OC(C)(C)C)[C@@H]3Oc4c(O)ccc5c4[C@@]31CCN(C)[C@@H]2C5. The number of thioether (sulfide) groups is 1. The number of aromatic hydroxyl groups is 1. The van der Waals surface area contributed by atoms with Crippen molar-refractivity contribution in [2.24, 2.45) is 0 Å². The summed E-state index contributed by atoms with van der Waals surface area (Å²) in [5.41, 5.74) is 1.08. The van der Waals surface area contributed by atoms with Crippen molar-refractivity contribution in [2.45, 2.75) is 93.7 Å². The molecule has 35 heavy (non-hydrogen) atoms. The van der Waals surface area contributed by atoms with Crippen LogP contribution in [0.15, 0.2) is 12.1 Å². The van der Waals surface area contributed by atoms with Crippen molar-refractivity contribution in [1.82, 2.24) is 10.2 Å². The number of likely N-dealkylation sites (N-methyl/N-ethyl adjacent to an activating group) is 1. The molecule has 0 amide bonds. The molecule has 2 aliphatic carbocycles. The number of phenolic OH excluding ortho intramolecular Hbond substituents is 1. The second kappa shape index (κ2) is 8.82. The average Bonchev–Trinajstić information content (AvgIpc) is 3.16. The second-order valence-corrected chi connectivity index (χ2v) is 12.7. The summed E-state index contributed by atoms with van der Waals surface area (Å²) in [7, 11) is 4.03. The number of carbonyl (C=O) groups excluding carboxylic acids is 1. The molecule has 4 aliphatic rings. The number of phenols is 1. The van der Waals surface area contributed by atoms with E-state index in [1.165, 1.54) is 5.56 Å². The summed E-state index contributed by atoms with van der Waals surface area (Å²) in [5, 5.41) is 14.5. The van der Waals surface area contributed by atoms with E-state index in [0.717, 1.165) is 43.5 Å². The molecule has 0 unspecified atom stereocenters. The third-order valence-corrected chi connectivity index (χ3v) is 9.42. The first-order valence-corrected chi connectivity index (χ1v) is 14.2. The Hall–Kier alpha value is -1.48. The zero-order valence-corrected chi connectivity index (χ0v) is 22.7. The molecule has 1 saturated carbocycles. The van der Waals surface area contributed by atoms with Crippen molar-refractivity contribution in [3.8, 4) is 11.5 Å². The van der Waals surface area contributed by atoms with Gasteiger partial charge in [0.2, 0.25) is 0 Å². The summed E-state index contributed by atoms with van der Waals surface area (Å²) >= 11 is 1.73. The highest BCUT2D eigenvalue weighted by Gasteiger charge is 2.73. The fourth-order valence-corrected chi connectivity index (χ4v) is 7.92. The molecule has 6 atom stereocenters. The van der Waals surface area contributed by atoms with E-state index in [-0.39, 0.29) is 35.3 Å². The predicted molar refractivity (Wildman–Crippen MR) is 137 cm³/mol. The molecule has 0 aromatic heterocycles. The van der Waals surface area contributed by atoms with E-state index in [9.17, 15) is 9.90 Å². The molecule has 7 nitrogen and oxygen atoms in total. The van der Waals surface area contributed by atoms with E-state index in [2.05, 4.69) is 29.6 Å². The van der Waals surface area contributed by atoms with Gasteiger partial charge in [0.15, 0.2) is 11.5 Å². The molecule has 5 rings (SSSR count). The Morgan fingerprint density at radius 2 is 2.14 bits per heavy atom. The van der Waals surface area contributed by atoms with Gasteiger partial charge >= 0.3 is 5.97 Å². The van der Waals surface area contributed by atoms with Gasteiger partial charge in [-0.25, -0.2) is 0 Å². The first kappa shape index (κ1) is 25.2. The van der Waals surface area contributed by atoms with Gasteiger partial charge < -0.3 is 24.2 Å². The Morgan fingerprint density at radius 1 is 1.37 bits per heavy atom. The number of hydrogen-bond donors (Lipinski definition) is 2. The van der Waals surface area contributed by atoms with Crippen LogP contribution in [0.5, 0.6) is 11.5 Å². The summed E-state index contributed by atoms with van der Waals surface area (Å²) in [6.07, 6.45) is 5.99.